The van der Waals surface area contributed by atoms with E-state index < -0.39 is 0 Å². The van der Waals surface area contributed by atoms with Crippen LogP contribution in [0.4, 0.5) is 0 Å². The van der Waals surface area contributed by atoms with Gasteiger partial charge in [-0.15, -0.1) is 0 Å². The lowest BCUT2D eigenvalue weighted by Gasteiger charge is -2.14. The second kappa shape index (κ2) is 5.55. The SMILES string of the molecule is COc1c(I)cc2ccccc2c1OCCO. The average Bonchev–Trinajstić information content (AvgIpc) is 2.35. The summed E-state index contributed by atoms with van der Waals surface area (Å²) in [6, 6.07) is 10.0. The number of methoxy groups -OCH3 is 1. The van der Waals surface area contributed by atoms with Crippen molar-refractivity contribution in [2.75, 3.05) is 20.3 Å². The number of fused-ring (bicyclic) bond motifs is 1. The van der Waals surface area contributed by atoms with Gasteiger partial charge < -0.3 is 14.6 Å². The van der Waals surface area contributed by atoms with Gasteiger partial charge in [0.25, 0.3) is 0 Å². The molecule has 0 aliphatic rings. The van der Waals surface area contributed by atoms with Crippen LogP contribution in [0.5, 0.6) is 11.5 Å². The first-order chi connectivity index (χ1) is 8.27. The Balaban J connectivity index is 2.63. The van der Waals surface area contributed by atoms with Crippen molar-refractivity contribution >= 4 is 33.4 Å². The van der Waals surface area contributed by atoms with Gasteiger partial charge in [0.05, 0.1) is 17.3 Å². The Labute approximate surface area is 113 Å². The van der Waals surface area contributed by atoms with Gasteiger partial charge in [-0.1, -0.05) is 24.3 Å². The van der Waals surface area contributed by atoms with Gasteiger partial charge in [-0.25, -0.2) is 0 Å². The molecule has 2 rings (SSSR count). The molecule has 0 amide bonds. The smallest absolute Gasteiger partial charge is 0.174 e. The molecule has 2 aromatic carbocycles. The topological polar surface area (TPSA) is 38.7 Å². The van der Waals surface area contributed by atoms with Crippen LogP contribution in [-0.2, 0) is 0 Å². The Bertz CT molecular complexity index is 525. The fourth-order valence-corrected chi connectivity index (χ4v) is 2.54. The third kappa shape index (κ3) is 2.47. The number of aliphatic hydroxyl groups excluding tert-OH is 1. The van der Waals surface area contributed by atoms with Crippen molar-refractivity contribution in [3.05, 3.63) is 33.9 Å². The zero-order chi connectivity index (χ0) is 12.3. The van der Waals surface area contributed by atoms with Crippen molar-refractivity contribution < 1.29 is 14.6 Å². The molecule has 0 heterocycles. The lowest BCUT2D eigenvalue weighted by atomic mass is 10.1. The van der Waals surface area contributed by atoms with Gasteiger partial charge in [0.1, 0.15) is 6.61 Å². The fourth-order valence-electron chi connectivity index (χ4n) is 1.74. The summed E-state index contributed by atoms with van der Waals surface area (Å²) < 4.78 is 12.0. The fraction of sp³-hybridized carbons (Fsp3) is 0.231. The van der Waals surface area contributed by atoms with Crippen LogP contribution in [0, 0.1) is 3.57 Å². The van der Waals surface area contributed by atoms with Crippen LogP contribution in [0.2, 0.25) is 0 Å². The number of hydrogen-bond acceptors (Lipinski definition) is 3. The zero-order valence-electron chi connectivity index (χ0n) is 9.44. The van der Waals surface area contributed by atoms with E-state index >= 15 is 0 Å². The maximum Gasteiger partial charge on any atom is 0.174 e. The van der Waals surface area contributed by atoms with Crippen molar-refractivity contribution in [2.24, 2.45) is 0 Å². The predicted molar refractivity (Wildman–Crippen MR) is 75.8 cm³/mol. The molecular weight excluding hydrogens is 331 g/mol. The molecule has 4 heteroatoms. The number of hydrogen-bond donors (Lipinski definition) is 1. The molecule has 2 aromatic rings. The number of aliphatic hydroxyl groups is 1. The standard InChI is InChI=1S/C13H13IO3/c1-16-13-11(14)8-9-4-2-3-5-10(9)12(13)17-7-6-15/h2-5,8,15H,6-7H2,1H3. The van der Waals surface area contributed by atoms with Crippen LogP contribution >= 0.6 is 22.6 Å². The summed E-state index contributed by atoms with van der Waals surface area (Å²) in [4.78, 5) is 0. The van der Waals surface area contributed by atoms with E-state index in [1.54, 1.807) is 7.11 Å². The van der Waals surface area contributed by atoms with Crippen molar-refractivity contribution in [1.82, 2.24) is 0 Å². The molecule has 0 radical (unpaired) electrons. The normalized spacial score (nSPS) is 10.5. The molecule has 0 saturated carbocycles. The molecule has 0 bridgehead atoms. The Morgan fingerprint density at radius 2 is 2.00 bits per heavy atom. The average molecular weight is 344 g/mol. The van der Waals surface area contributed by atoms with Crippen molar-refractivity contribution in [3.8, 4) is 11.5 Å². The molecule has 17 heavy (non-hydrogen) atoms. The lowest BCUT2D eigenvalue weighted by molar-refractivity contribution is 0.198. The summed E-state index contributed by atoms with van der Waals surface area (Å²) in [6.45, 7) is 0.253. The van der Waals surface area contributed by atoms with E-state index in [9.17, 15) is 0 Å². The third-order valence-electron chi connectivity index (χ3n) is 2.45. The molecule has 0 aromatic heterocycles. The predicted octanol–water partition coefficient (Wildman–Crippen LogP) is 2.82. The maximum absolute atomic E-state index is 8.86. The van der Waals surface area contributed by atoms with Crippen LogP contribution < -0.4 is 9.47 Å². The number of halogens is 1. The molecule has 0 unspecified atom stereocenters. The van der Waals surface area contributed by atoms with Gasteiger partial charge >= 0.3 is 0 Å². The first-order valence-corrected chi connectivity index (χ1v) is 6.34. The summed E-state index contributed by atoms with van der Waals surface area (Å²) in [6.07, 6.45) is 0. The molecule has 1 N–H and O–H groups in total. The molecule has 0 fully saturated rings. The summed E-state index contributed by atoms with van der Waals surface area (Å²) in [5.41, 5.74) is 0. The minimum atomic E-state index is -0.0110. The second-order valence-corrected chi connectivity index (χ2v) is 4.68. The molecule has 3 nitrogen and oxygen atoms in total. The van der Waals surface area contributed by atoms with Crippen molar-refractivity contribution in [3.63, 3.8) is 0 Å². The largest absolute Gasteiger partial charge is 0.492 e. The molecule has 0 spiro atoms. The molecule has 0 atom stereocenters. The van der Waals surface area contributed by atoms with Crippen molar-refractivity contribution in [2.45, 2.75) is 0 Å². The second-order valence-electron chi connectivity index (χ2n) is 3.51. The molecular formula is C13H13IO3. The van der Waals surface area contributed by atoms with Crippen molar-refractivity contribution in [1.29, 1.82) is 0 Å². The van der Waals surface area contributed by atoms with E-state index in [1.165, 1.54) is 0 Å². The maximum atomic E-state index is 8.86. The first-order valence-electron chi connectivity index (χ1n) is 5.27. The molecule has 0 saturated heterocycles. The van der Waals surface area contributed by atoms with Gasteiger partial charge in [0.2, 0.25) is 0 Å². The van der Waals surface area contributed by atoms with E-state index in [2.05, 4.69) is 28.7 Å². The Hall–Kier alpha value is -1.01. The highest BCUT2D eigenvalue weighted by Crippen LogP contribution is 2.39. The zero-order valence-corrected chi connectivity index (χ0v) is 11.6. The third-order valence-corrected chi connectivity index (χ3v) is 3.25. The monoisotopic (exact) mass is 344 g/mol. The van der Waals surface area contributed by atoms with Gasteiger partial charge in [0.15, 0.2) is 11.5 Å². The van der Waals surface area contributed by atoms with E-state index in [0.717, 1.165) is 20.1 Å². The number of rotatable bonds is 4. The van der Waals surface area contributed by atoms with Gasteiger partial charge in [0, 0.05) is 5.39 Å². The van der Waals surface area contributed by atoms with Crippen LogP contribution in [0.3, 0.4) is 0 Å². The minimum Gasteiger partial charge on any atom is -0.492 e. The van der Waals surface area contributed by atoms with Crippen LogP contribution in [-0.4, -0.2) is 25.4 Å². The highest BCUT2D eigenvalue weighted by molar-refractivity contribution is 14.1. The minimum absolute atomic E-state index is 0.0110. The van der Waals surface area contributed by atoms with E-state index in [0.29, 0.717) is 5.75 Å². The highest BCUT2D eigenvalue weighted by atomic mass is 127. The Kier molecular flexibility index (Phi) is 4.06. The molecule has 0 aliphatic carbocycles. The quantitative estimate of drug-likeness (QED) is 0.867. The molecule has 0 aliphatic heterocycles. The summed E-state index contributed by atoms with van der Waals surface area (Å²) in [7, 11) is 1.62. The first kappa shape index (κ1) is 12.4. The summed E-state index contributed by atoms with van der Waals surface area (Å²) in [5, 5.41) is 11.0. The Morgan fingerprint density at radius 3 is 2.71 bits per heavy atom. The van der Waals surface area contributed by atoms with E-state index in [-0.39, 0.29) is 13.2 Å². The van der Waals surface area contributed by atoms with Crippen LogP contribution in [0.25, 0.3) is 10.8 Å². The summed E-state index contributed by atoms with van der Waals surface area (Å²) >= 11 is 2.22. The van der Waals surface area contributed by atoms with E-state index in [1.807, 2.05) is 24.3 Å². The van der Waals surface area contributed by atoms with Crippen LogP contribution in [0.15, 0.2) is 30.3 Å². The highest BCUT2D eigenvalue weighted by Gasteiger charge is 2.13. The van der Waals surface area contributed by atoms with Crippen LogP contribution in [0.1, 0.15) is 0 Å². The van der Waals surface area contributed by atoms with E-state index in [4.69, 9.17) is 14.6 Å². The van der Waals surface area contributed by atoms with Gasteiger partial charge in [-0.2, -0.15) is 0 Å². The van der Waals surface area contributed by atoms with Gasteiger partial charge in [-0.3, -0.25) is 0 Å². The molecule has 90 valence electrons. The lowest BCUT2D eigenvalue weighted by Crippen LogP contribution is -2.04. The number of benzene rings is 2. The van der Waals surface area contributed by atoms with Gasteiger partial charge in [-0.05, 0) is 34.0 Å². The Morgan fingerprint density at radius 1 is 1.24 bits per heavy atom. The summed E-state index contributed by atoms with van der Waals surface area (Å²) in [5.74, 6) is 1.42. The number of ether oxygens (including phenoxy) is 2.